The van der Waals surface area contributed by atoms with Gasteiger partial charge in [-0.05, 0) is 124 Å². The number of rotatable bonds is 22. The van der Waals surface area contributed by atoms with Crippen LogP contribution in [0.3, 0.4) is 0 Å². The maximum atomic E-state index is 14.8. The van der Waals surface area contributed by atoms with Gasteiger partial charge in [-0.25, -0.2) is 0 Å². The average molecular weight is 747 g/mol. The summed E-state index contributed by atoms with van der Waals surface area (Å²) in [5, 5.41) is 0. The molecule has 0 unspecified atom stereocenters. The summed E-state index contributed by atoms with van der Waals surface area (Å²) in [6.07, 6.45) is 7.08. The highest BCUT2D eigenvalue weighted by Crippen LogP contribution is 2.36. The summed E-state index contributed by atoms with van der Waals surface area (Å²) >= 11 is 0. The quantitative estimate of drug-likeness (QED) is 0.0754. The highest BCUT2D eigenvalue weighted by atomic mass is 16.5. The van der Waals surface area contributed by atoms with E-state index in [0.29, 0.717) is 61.9 Å². The van der Waals surface area contributed by atoms with Gasteiger partial charge in [0.15, 0.2) is 23.0 Å². The topological polar surface area (TPSA) is 77.5 Å². The molecule has 2 fully saturated rings. The van der Waals surface area contributed by atoms with Crippen molar-refractivity contribution in [1.29, 1.82) is 0 Å². The summed E-state index contributed by atoms with van der Waals surface area (Å²) in [5.41, 5.74) is 2.62. The lowest BCUT2D eigenvalue weighted by Crippen LogP contribution is -2.44. The number of likely N-dealkylation sites (tertiary alicyclic amines) is 2. The second-order valence-corrected chi connectivity index (χ2v) is 15.0. The van der Waals surface area contributed by atoms with Crippen LogP contribution in [0.5, 0.6) is 23.0 Å². The Morgan fingerprint density at radius 3 is 1.31 bits per heavy atom. The monoisotopic (exact) mass is 746 g/mol. The third kappa shape index (κ3) is 11.2. The number of ether oxygens (including phenoxy) is 4. The average Bonchev–Trinajstić information content (AvgIpc) is 3.95. The van der Waals surface area contributed by atoms with E-state index in [1.54, 1.807) is 14.2 Å². The summed E-state index contributed by atoms with van der Waals surface area (Å²) in [5.74, 6) is 2.62. The Hall–Kier alpha value is -4.66. The van der Waals surface area contributed by atoms with Gasteiger partial charge in [-0.2, -0.15) is 0 Å². The zero-order chi connectivity index (χ0) is 38.3. The van der Waals surface area contributed by atoms with Crippen LogP contribution < -0.4 is 18.9 Å². The molecule has 2 saturated heterocycles. The second kappa shape index (κ2) is 20.3. The van der Waals surface area contributed by atoms with Crippen molar-refractivity contribution in [3.8, 4) is 23.0 Å². The number of hydrogen-bond donors (Lipinski definition) is 0. The minimum Gasteiger partial charge on any atom is -0.493 e. The third-order valence-corrected chi connectivity index (χ3v) is 11.2. The molecule has 0 spiro atoms. The number of nitrogens with zero attached hydrogens (tertiary/aromatic N) is 2. The third-order valence-electron chi connectivity index (χ3n) is 11.2. The molecular weight excluding hydrogens is 689 g/mol. The first-order chi connectivity index (χ1) is 27.0. The fourth-order valence-electron chi connectivity index (χ4n) is 8.05. The van der Waals surface area contributed by atoms with Crippen LogP contribution in [-0.4, -0.2) is 88.1 Å². The maximum absolute atomic E-state index is 14.8. The van der Waals surface area contributed by atoms with Gasteiger partial charge in [0.25, 0.3) is 0 Å². The van der Waals surface area contributed by atoms with Crippen LogP contribution in [-0.2, 0) is 35.3 Å². The largest absolute Gasteiger partial charge is 0.493 e. The van der Waals surface area contributed by atoms with E-state index in [0.717, 1.165) is 61.5 Å². The van der Waals surface area contributed by atoms with Gasteiger partial charge in [0.1, 0.15) is 24.8 Å². The van der Waals surface area contributed by atoms with E-state index in [2.05, 4.69) is 9.80 Å². The summed E-state index contributed by atoms with van der Waals surface area (Å²) in [6, 6.07) is 31.7. The van der Waals surface area contributed by atoms with Gasteiger partial charge in [0, 0.05) is 25.9 Å². The fourth-order valence-corrected chi connectivity index (χ4v) is 8.05. The van der Waals surface area contributed by atoms with Crippen molar-refractivity contribution >= 4 is 11.6 Å². The molecule has 4 aromatic rings. The molecule has 4 aromatic carbocycles. The van der Waals surface area contributed by atoms with Gasteiger partial charge in [0.05, 0.1) is 19.6 Å². The number of benzene rings is 4. The Bertz CT molecular complexity index is 1670. The first kappa shape index (κ1) is 40.0. The lowest BCUT2D eigenvalue weighted by molar-refractivity contribution is -0.141. The summed E-state index contributed by atoms with van der Waals surface area (Å²) in [7, 11) is 3.29. The number of methoxy groups -OCH3 is 2. The van der Waals surface area contributed by atoms with Crippen LogP contribution in [0.1, 0.15) is 60.8 Å². The predicted octanol–water partition coefficient (Wildman–Crippen LogP) is 7.83. The molecule has 2 aliphatic rings. The zero-order valence-corrected chi connectivity index (χ0v) is 32.8. The van der Waals surface area contributed by atoms with Crippen LogP contribution >= 0.6 is 0 Å². The number of hydrogen-bond acceptors (Lipinski definition) is 8. The molecule has 0 amide bonds. The van der Waals surface area contributed by atoms with Crippen LogP contribution in [0.2, 0.25) is 0 Å². The number of carbonyl (C=O) groups is 2. The Morgan fingerprint density at radius 2 is 0.927 bits per heavy atom. The highest BCUT2D eigenvalue weighted by molar-refractivity contribution is 6.07. The Morgan fingerprint density at radius 1 is 0.527 bits per heavy atom. The van der Waals surface area contributed by atoms with Gasteiger partial charge < -0.3 is 18.9 Å². The van der Waals surface area contributed by atoms with E-state index in [4.69, 9.17) is 18.9 Å². The first-order valence-corrected chi connectivity index (χ1v) is 20.1. The molecule has 0 bridgehead atoms. The predicted molar refractivity (Wildman–Crippen MR) is 218 cm³/mol. The Balaban J connectivity index is 1.18. The van der Waals surface area contributed by atoms with E-state index in [1.807, 2.05) is 97.1 Å². The summed E-state index contributed by atoms with van der Waals surface area (Å²) in [4.78, 5) is 34.5. The zero-order valence-electron chi connectivity index (χ0n) is 32.8. The summed E-state index contributed by atoms with van der Waals surface area (Å²) in [6.45, 7) is 7.49. The number of carbonyl (C=O) groups excluding carboxylic acids is 2. The van der Waals surface area contributed by atoms with Crippen molar-refractivity contribution in [3.05, 3.63) is 119 Å². The van der Waals surface area contributed by atoms with E-state index >= 15 is 0 Å². The molecule has 0 N–H and O–H groups in total. The van der Waals surface area contributed by atoms with Gasteiger partial charge in [-0.3, -0.25) is 19.4 Å². The fraction of sp³-hybridized carbons (Fsp3) is 0.447. The molecule has 8 heteroatoms. The first-order valence-electron chi connectivity index (χ1n) is 20.1. The molecule has 2 aliphatic heterocycles. The highest BCUT2D eigenvalue weighted by Gasteiger charge is 2.44. The van der Waals surface area contributed by atoms with Gasteiger partial charge in [-0.1, -0.05) is 72.8 Å². The molecule has 292 valence electrons. The van der Waals surface area contributed by atoms with Crippen molar-refractivity contribution in [3.63, 3.8) is 0 Å². The van der Waals surface area contributed by atoms with Crippen molar-refractivity contribution in [2.45, 2.75) is 64.2 Å². The Labute approximate surface area is 327 Å². The molecule has 0 aliphatic carbocycles. The molecule has 55 heavy (non-hydrogen) atoms. The number of ketones is 2. The lowest BCUT2D eigenvalue weighted by atomic mass is 9.68. The van der Waals surface area contributed by atoms with Crippen LogP contribution in [0.25, 0.3) is 0 Å². The van der Waals surface area contributed by atoms with Crippen LogP contribution in [0.4, 0.5) is 0 Å². The van der Waals surface area contributed by atoms with E-state index in [9.17, 15) is 9.59 Å². The minimum absolute atomic E-state index is 0.0468. The smallest absolute Gasteiger partial charge is 0.161 e. The van der Waals surface area contributed by atoms with E-state index in [1.165, 1.54) is 25.7 Å². The molecular formula is C47H58N2O6. The van der Waals surface area contributed by atoms with Crippen molar-refractivity contribution in [2.75, 3.05) is 66.7 Å². The maximum Gasteiger partial charge on any atom is 0.161 e. The Kier molecular flexibility index (Phi) is 14.8. The van der Waals surface area contributed by atoms with E-state index < -0.39 is 5.41 Å². The molecule has 8 nitrogen and oxygen atoms in total. The number of aryl methyl sites for hydroxylation is 2. The second-order valence-electron chi connectivity index (χ2n) is 15.0. The molecule has 0 saturated carbocycles. The molecule has 0 aromatic heterocycles. The number of Topliss-reactive ketones (excluding diaryl/α,β-unsaturated/α-hetero) is 2. The van der Waals surface area contributed by atoms with Gasteiger partial charge in [-0.15, -0.1) is 0 Å². The normalized spacial score (nSPS) is 14.9. The van der Waals surface area contributed by atoms with Gasteiger partial charge in [0.2, 0.25) is 0 Å². The SMILES string of the molecule is COc1cc(CCC(=O)C(Cc2ccccc2)(Cc2ccccc2)C(=O)CCc2ccc(OCCN3CCCC3)c(OC)c2)ccc1OCCN1CCCC1. The minimum atomic E-state index is -1.24. The standard InChI is InChI=1S/C47H58N2O6/c1-52-43-33-37(17-21-41(43)54-31-29-48-25-9-10-26-48)19-23-45(50)47(35-39-13-5-3-6-14-39,36-40-15-7-4-8-16-40)46(51)24-20-38-18-22-42(44(34-38)53-2)55-32-30-49-27-11-12-28-49/h3-8,13-18,21-22,33-34H,9-12,19-20,23-32,35-36H2,1-2H3. The molecule has 2 heterocycles. The van der Waals surface area contributed by atoms with Crippen molar-refractivity contribution in [1.82, 2.24) is 9.80 Å². The van der Waals surface area contributed by atoms with Gasteiger partial charge >= 0.3 is 0 Å². The molecule has 6 rings (SSSR count). The molecule has 0 radical (unpaired) electrons. The van der Waals surface area contributed by atoms with E-state index in [-0.39, 0.29) is 24.4 Å². The summed E-state index contributed by atoms with van der Waals surface area (Å²) < 4.78 is 23.7. The molecule has 0 atom stereocenters. The lowest BCUT2D eigenvalue weighted by Gasteiger charge is -2.32. The van der Waals surface area contributed by atoms with Crippen molar-refractivity contribution in [2.24, 2.45) is 5.41 Å². The van der Waals surface area contributed by atoms with Crippen molar-refractivity contribution < 1.29 is 28.5 Å². The van der Waals surface area contributed by atoms with Crippen LogP contribution in [0, 0.1) is 5.41 Å². The van der Waals surface area contributed by atoms with Crippen LogP contribution in [0.15, 0.2) is 97.1 Å².